The molecule has 0 unspecified atom stereocenters. The first-order valence-corrected chi connectivity index (χ1v) is 5.89. The van der Waals surface area contributed by atoms with E-state index in [1.54, 1.807) is 12.1 Å². The van der Waals surface area contributed by atoms with Crippen molar-refractivity contribution in [3.63, 3.8) is 0 Å². The van der Waals surface area contributed by atoms with Gasteiger partial charge in [-0.15, -0.1) is 0 Å². The lowest BCUT2D eigenvalue weighted by atomic mass is 9.95. The average molecular weight is 262 g/mol. The summed E-state index contributed by atoms with van der Waals surface area (Å²) in [6.07, 6.45) is 0. The molecule has 0 saturated carbocycles. The molecular formula is C14H12ClNO2. The Morgan fingerprint density at radius 3 is 2.28 bits per heavy atom. The molecule has 18 heavy (non-hydrogen) atoms. The summed E-state index contributed by atoms with van der Waals surface area (Å²) in [5.74, 6) is 0. The Kier molecular flexibility index (Phi) is 3.34. The van der Waals surface area contributed by atoms with Gasteiger partial charge in [0.05, 0.1) is 10.5 Å². The first-order valence-electron chi connectivity index (χ1n) is 5.51. The predicted molar refractivity (Wildman–Crippen MR) is 73.0 cm³/mol. The van der Waals surface area contributed by atoms with E-state index in [1.807, 2.05) is 32.0 Å². The zero-order valence-corrected chi connectivity index (χ0v) is 10.9. The minimum absolute atomic E-state index is 0.0416. The number of nitrogens with zero attached hydrogens (tertiary/aromatic N) is 1. The first kappa shape index (κ1) is 12.6. The molecule has 0 bridgehead atoms. The molecule has 0 spiro atoms. The molecule has 0 saturated heterocycles. The van der Waals surface area contributed by atoms with E-state index in [0.717, 1.165) is 16.7 Å². The Labute approximate surface area is 110 Å². The lowest BCUT2D eigenvalue weighted by molar-refractivity contribution is -0.384. The van der Waals surface area contributed by atoms with Crippen LogP contribution in [0.4, 0.5) is 5.69 Å². The van der Waals surface area contributed by atoms with E-state index in [1.165, 1.54) is 6.07 Å². The van der Waals surface area contributed by atoms with E-state index >= 15 is 0 Å². The molecule has 2 aromatic rings. The van der Waals surface area contributed by atoms with Crippen LogP contribution >= 0.6 is 11.6 Å². The summed E-state index contributed by atoms with van der Waals surface area (Å²) in [7, 11) is 0. The molecule has 0 aromatic heterocycles. The van der Waals surface area contributed by atoms with Crippen LogP contribution in [0.5, 0.6) is 0 Å². The summed E-state index contributed by atoms with van der Waals surface area (Å²) in [5.41, 5.74) is 3.58. The molecule has 3 nitrogen and oxygen atoms in total. The molecule has 2 aromatic carbocycles. The highest BCUT2D eigenvalue weighted by molar-refractivity contribution is 6.31. The third kappa shape index (κ3) is 2.22. The predicted octanol–water partition coefficient (Wildman–Crippen LogP) is 4.53. The van der Waals surface area contributed by atoms with Crippen LogP contribution in [0.25, 0.3) is 11.1 Å². The zero-order valence-electron chi connectivity index (χ0n) is 10.1. The summed E-state index contributed by atoms with van der Waals surface area (Å²) in [5, 5.41) is 11.5. The Balaban J connectivity index is 2.75. The minimum atomic E-state index is -0.396. The molecular weight excluding hydrogens is 250 g/mol. The number of hydrogen-bond donors (Lipinski definition) is 0. The molecule has 0 atom stereocenters. The fourth-order valence-electron chi connectivity index (χ4n) is 2.11. The number of halogens is 1. The first-order chi connectivity index (χ1) is 8.50. The summed E-state index contributed by atoms with van der Waals surface area (Å²) < 4.78 is 0. The van der Waals surface area contributed by atoms with Crippen molar-refractivity contribution >= 4 is 17.3 Å². The van der Waals surface area contributed by atoms with Crippen molar-refractivity contribution in [3.8, 4) is 11.1 Å². The molecule has 0 aliphatic carbocycles. The Morgan fingerprint density at radius 2 is 1.72 bits per heavy atom. The van der Waals surface area contributed by atoms with Gasteiger partial charge in [0, 0.05) is 11.1 Å². The van der Waals surface area contributed by atoms with Crippen LogP contribution in [0.1, 0.15) is 11.1 Å². The second-order valence-corrected chi connectivity index (χ2v) is 4.62. The molecule has 0 aliphatic rings. The van der Waals surface area contributed by atoms with Crippen LogP contribution in [0.15, 0.2) is 36.4 Å². The van der Waals surface area contributed by atoms with Crippen LogP contribution < -0.4 is 0 Å². The number of nitro groups is 1. The van der Waals surface area contributed by atoms with Gasteiger partial charge in [0.1, 0.15) is 0 Å². The topological polar surface area (TPSA) is 43.1 Å². The van der Waals surface area contributed by atoms with E-state index in [9.17, 15) is 10.1 Å². The lowest BCUT2D eigenvalue weighted by Gasteiger charge is -2.10. The van der Waals surface area contributed by atoms with Crippen molar-refractivity contribution in [1.29, 1.82) is 0 Å². The van der Waals surface area contributed by atoms with Crippen LogP contribution in [0, 0.1) is 24.0 Å². The van der Waals surface area contributed by atoms with E-state index < -0.39 is 4.92 Å². The van der Waals surface area contributed by atoms with Crippen LogP contribution in [-0.4, -0.2) is 4.92 Å². The molecule has 0 heterocycles. The van der Waals surface area contributed by atoms with Gasteiger partial charge in [-0.2, -0.15) is 0 Å². The fourth-order valence-corrected chi connectivity index (χ4v) is 2.27. The highest BCUT2D eigenvalue weighted by atomic mass is 35.5. The van der Waals surface area contributed by atoms with Crippen molar-refractivity contribution < 1.29 is 4.92 Å². The Bertz CT molecular complexity index is 603. The molecule has 0 fully saturated rings. The lowest BCUT2D eigenvalue weighted by Crippen LogP contribution is -1.95. The van der Waals surface area contributed by atoms with Crippen LogP contribution in [0.2, 0.25) is 5.02 Å². The van der Waals surface area contributed by atoms with E-state index in [0.29, 0.717) is 10.6 Å². The van der Waals surface area contributed by atoms with Crippen LogP contribution in [-0.2, 0) is 0 Å². The zero-order chi connectivity index (χ0) is 13.3. The SMILES string of the molecule is Cc1cccc(C)c1-c1ccc(Cl)cc1[N+](=O)[O-]. The highest BCUT2D eigenvalue weighted by Gasteiger charge is 2.18. The summed E-state index contributed by atoms with van der Waals surface area (Å²) in [6, 6.07) is 10.6. The summed E-state index contributed by atoms with van der Waals surface area (Å²) in [6.45, 7) is 3.89. The molecule has 0 radical (unpaired) electrons. The van der Waals surface area contributed by atoms with Gasteiger partial charge in [-0.1, -0.05) is 29.8 Å². The number of hydrogen-bond acceptors (Lipinski definition) is 2. The third-order valence-electron chi connectivity index (χ3n) is 2.91. The normalized spacial score (nSPS) is 10.4. The molecule has 0 aliphatic heterocycles. The van der Waals surface area contributed by atoms with E-state index in [2.05, 4.69) is 0 Å². The second-order valence-electron chi connectivity index (χ2n) is 4.19. The van der Waals surface area contributed by atoms with Gasteiger partial charge in [0.2, 0.25) is 0 Å². The van der Waals surface area contributed by atoms with Crippen molar-refractivity contribution in [2.45, 2.75) is 13.8 Å². The quantitative estimate of drug-likeness (QED) is 0.589. The Morgan fingerprint density at radius 1 is 1.11 bits per heavy atom. The van der Waals surface area contributed by atoms with Crippen molar-refractivity contribution in [2.24, 2.45) is 0 Å². The van der Waals surface area contributed by atoms with E-state index in [4.69, 9.17) is 11.6 Å². The summed E-state index contributed by atoms with van der Waals surface area (Å²) in [4.78, 5) is 10.7. The fraction of sp³-hybridized carbons (Fsp3) is 0.143. The molecule has 2 rings (SSSR count). The van der Waals surface area contributed by atoms with Crippen molar-refractivity contribution in [3.05, 3.63) is 62.7 Å². The van der Waals surface area contributed by atoms with Gasteiger partial charge >= 0.3 is 0 Å². The maximum atomic E-state index is 11.1. The maximum absolute atomic E-state index is 11.1. The third-order valence-corrected chi connectivity index (χ3v) is 3.14. The molecule has 0 N–H and O–H groups in total. The van der Waals surface area contributed by atoms with Crippen molar-refractivity contribution in [1.82, 2.24) is 0 Å². The summed E-state index contributed by atoms with van der Waals surface area (Å²) >= 11 is 5.82. The molecule has 4 heteroatoms. The number of benzene rings is 2. The highest BCUT2D eigenvalue weighted by Crippen LogP contribution is 2.35. The Hall–Kier alpha value is -1.87. The van der Waals surface area contributed by atoms with Gasteiger partial charge in [-0.05, 0) is 42.7 Å². The minimum Gasteiger partial charge on any atom is -0.258 e. The van der Waals surface area contributed by atoms with Crippen LogP contribution in [0.3, 0.4) is 0 Å². The van der Waals surface area contributed by atoms with E-state index in [-0.39, 0.29) is 5.69 Å². The van der Waals surface area contributed by atoms with Gasteiger partial charge in [0.25, 0.3) is 5.69 Å². The average Bonchev–Trinajstić information content (AvgIpc) is 2.30. The van der Waals surface area contributed by atoms with Gasteiger partial charge in [-0.25, -0.2) is 0 Å². The standard InChI is InChI=1S/C14H12ClNO2/c1-9-4-3-5-10(2)14(9)12-7-6-11(15)8-13(12)16(17)18/h3-8H,1-2H3. The number of aryl methyl sites for hydroxylation is 2. The van der Waals surface area contributed by atoms with Gasteiger partial charge in [-0.3, -0.25) is 10.1 Å². The van der Waals surface area contributed by atoms with Gasteiger partial charge in [0.15, 0.2) is 0 Å². The molecule has 0 amide bonds. The van der Waals surface area contributed by atoms with Gasteiger partial charge < -0.3 is 0 Å². The molecule has 92 valence electrons. The monoisotopic (exact) mass is 261 g/mol. The second kappa shape index (κ2) is 4.78. The van der Waals surface area contributed by atoms with Crippen molar-refractivity contribution in [2.75, 3.05) is 0 Å². The number of rotatable bonds is 2. The largest absolute Gasteiger partial charge is 0.278 e. The number of nitro benzene ring substituents is 1. The maximum Gasteiger partial charge on any atom is 0.278 e. The smallest absolute Gasteiger partial charge is 0.258 e.